The van der Waals surface area contributed by atoms with Gasteiger partial charge in [0.2, 0.25) is 5.91 Å². The van der Waals surface area contributed by atoms with E-state index in [0.29, 0.717) is 5.92 Å². The molecule has 1 saturated carbocycles. The van der Waals surface area contributed by atoms with Crippen molar-refractivity contribution < 1.29 is 18.0 Å². The van der Waals surface area contributed by atoms with Crippen molar-refractivity contribution in [3.63, 3.8) is 0 Å². The number of hydrogen-bond acceptors (Lipinski definition) is 2. The molecule has 0 bridgehead atoms. The van der Waals surface area contributed by atoms with E-state index in [1.54, 1.807) is 0 Å². The van der Waals surface area contributed by atoms with Gasteiger partial charge in [-0.2, -0.15) is 13.2 Å². The zero-order valence-electron chi connectivity index (χ0n) is 9.59. The Morgan fingerprint density at radius 2 is 1.94 bits per heavy atom. The minimum Gasteiger partial charge on any atom is -0.325 e. The summed E-state index contributed by atoms with van der Waals surface area (Å²) in [6.07, 6.45) is -1.03. The number of halogens is 3. The maximum atomic E-state index is 12.2. The second-order valence-electron chi connectivity index (χ2n) is 4.82. The molecular weight excluding hydrogens is 233 g/mol. The lowest BCUT2D eigenvalue weighted by molar-refractivity contribution is -0.145. The SMILES string of the molecule is O=C1CNC(C2CCCC2)N1CCC(F)(F)F. The molecule has 0 radical (unpaired) electrons. The lowest BCUT2D eigenvalue weighted by Gasteiger charge is -2.29. The first-order chi connectivity index (χ1) is 7.97. The molecule has 2 aliphatic rings. The van der Waals surface area contributed by atoms with E-state index in [-0.39, 0.29) is 25.2 Å². The van der Waals surface area contributed by atoms with Crippen molar-refractivity contribution in [3.8, 4) is 0 Å². The summed E-state index contributed by atoms with van der Waals surface area (Å²) in [4.78, 5) is 12.9. The number of nitrogens with one attached hydrogen (secondary N) is 1. The fourth-order valence-corrected chi connectivity index (χ4v) is 2.76. The van der Waals surface area contributed by atoms with Crippen LogP contribution in [0, 0.1) is 5.92 Å². The standard InChI is InChI=1S/C11H17F3N2O/c12-11(13,14)5-6-16-9(17)7-15-10(16)8-3-1-2-4-8/h8,10,15H,1-7H2. The molecule has 17 heavy (non-hydrogen) atoms. The maximum absolute atomic E-state index is 12.2. The van der Waals surface area contributed by atoms with Crippen molar-refractivity contribution in [1.29, 1.82) is 0 Å². The predicted octanol–water partition coefficient (Wildman–Crippen LogP) is 1.89. The minimum atomic E-state index is -4.19. The highest BCUT2D eigenvalue weighted by atomic mass is 19.4. The van der Waals surface area contributed by atoms with E-state index in [0.717, 1.165) is 25.7 Å². The van der Waals surface area contributed by atoms with Gasteiger partial charge in [0.1, 0.15) is 0 Å². The number of hydrogen-bond donors (Lipinski definition) is 1. The molecule has 2 fully saturated rings. The van der Waals surface area contributed by atoms with Crippen LogP contribution in [0.4, 0.5) is 13.2 Å². The summed E-state index contributed by atoms with van der Waals surface area (Å²) in [7, 11) is 0. The lowest BCUT2D eigenvalue weighted by atomic mass is 10.0. The predicted molar refractivity (Wildman–Crippen MR) is 56.1 cm³/mol. The number of carbonyl (C=O) groups excluding carboxylic acids is 1. The van der Waals surface area contributed by atoms with Crippen LogP contribution in [0.3, 0.4) is 0 Å². The molecule has 1 atom stereocenters. The molecule has 0 aromatic heterocycles. The van der Waals surface area contributed by atoms with Crippen LogP contribution >= 0.6 is 0 Å². The highest BCUT2D eigenvalue weighted by Crippen LogP contribution is 2.31. The first kappa shape index (κ1) is 12.7. The number of alkyl halides is 3. The molecule has 1 aliphatic carbocycles. The summed E-state index contributed by atoms with van der Waals surface area (Å²) in [5.74, 6) is 0.126. The van der Waals surface area contributed by atoms with Crippen LogP contribution in [-0.4, -0.2) is 36.2 Å². The normalized spacial score (nSPS) is 27.1. The Morgan fingerprint density at radius 3 is 2.53 bits per heavy atom. The van der Waals surface area contributed by atoms with Crippen molar-refractivity contribution in [2.45, 2.75) is 44.4 Å². The molecule has 3 nitrogen and oxygen atoms in total. The molecule has 1 amide bonds. The summed E-state index contributed by atoms with van der Waals surface area (Å²) in [6, 6.07) is 0. The van der Waals surface area contributed by atoms with Crippen molar-refractivity contribution >= 4 is 5.91 Å². The molecule has 0 aromatic rings. The summed E-state index contributed by atoms with van der Waals surface area (Å²) in [6.45, 7) is -0.0322. The third-order valence-electron chi connectivity index (χ3n) is 3.60. The summed E-state index contributed by atoms with van der Waals surface area (Å²) in [5.41, 5.74) is 0. The van der Waals surface area contributed by atoms with Gasteiger partial charge in [0.05, 0.1) is 19.1 Å². The van der Waals surface area contributed by atoms with Gasteiger partial charge in [-0.1, -0.05) is 12.8 Å². The van der Waals surface area contributed by atoms with Gasteiger partial charge in [0.15, 0.2) is 0 Å². The van der Waals surface area contributed by atoms with E-state index in [4.69, 9.17) is 0 Å². The molecule has 1 saturated heterocycles. The number of nitrogens with zero attached hydrogens (tertiary/aromatic N) is 1. The van der Waals surface area contributed by atoms with Crippen molar-refractivity contribution in [1.82, 2.24) is 10.2 Å². The van der Waals surface area contributed by atoms with Gasteiger partial charge in [-0.05, 0) is 18.8 Å². The molecule has 1 aliphatic heterocycles. The Hall–Kier alpha value is -0.780. The number of carbonyl (C=O) groups is 1. The fraction of sp³-hybridized carbons (Fsp3) is 0.909. The zero-order valence-corrected chi connectivity index (χ0v) is 9.59. The van der Waals surface area contributed by atoms with Crippen LogP contribution in [0.5, 0.6) is 0 Å². The maximum Gasteiger partial charge on any atom is 0.390 e. The van der Waals surface area contributed by atoms with Gasteiger partial charge in [0, 0.05) is 6.54 Å². The van der Waals surface area contributed by atoms with Gasteiger partial charge >= 0.3 is 6.18 Å². The van der Waals surface area contributed by atoms with Crippen LogP contribution in [-0.2, 0) is 4.79 Å². The van der Waals surface area contributed by atoms with Gasteiger partial charge in [0.25, 0.3) is 0 Å². The summed E-state index contributed by atoms with van der Waals surface area (Å²) < 4.78 is 36.5. The minimum absolute atomic E-state index is 0.174. The van der Waals surface area contributed by atoms with E-state index >= 15 is 0 Å². The van der Waals surface area contributed by atoms with Crippen molar-refractivity contribution in [2.75, 3.05) is 13.1 Å². The highest BCUT2D eigenvalue weighted by Gasteiger charge is 2.39. The van der Waals surface area contributed by atoms with Gasteiger partial charge in [-0.3, -0.25) is 10.1 Å². The first-order valence-corrected chi connectivity index (χ1v) is 6.07. The Balaban J connectivity index is 1.94. The molecule has 0 aromatic carbocycles. The van der Waals surface area contributed by atoms with Crippen LogP contribution in [0.25, 0.3) is 0 Å². The smallest absolute Gasteiger partial charge is 0.325 e. The average Bonchev–Trinajstić information content (AvgIpc) is 2.82. The third-order valence-corrected chi connectivity index (χ3v) is 3.60. The zero-order chi connectivity index (χ0) is 12.5. The lowest BCUT2D eigenvalue weighted by Crippen LogP contribution is -2.43. The third kappa shape index (κ3) is 3.12. The Kier molecular flexibility index (Phi) is 3.61. The molecule has 98 valence electrons. The van der Waals surface area contributed by atoms with E-state index < -0.39 is 12.6 Å². The Bertz CT molecular complexity index is 287. The molecule has 1 heterocycles. The Labute approximate surface area is 98.3 Å². The van der Waals surface area contributed by atoms with E-state index in [1.807, 2.05) is 0 Å². The highest BCUT2D eigenvalue weighted by molar-refractivity contribution is 5.80. The topological polar surface area (TPSA) is 32.3 Å². The number of amides is 1. The second-order valence-corrected chi connectivity index (χ2v) is 4.82. The molecule has 1 unspecified atom stereocenters. The average molecular weight is 250 g/mol. The molecule has 1 N–H and O–H groups in total. The summed E-state index contributed by atoms with van der Waals surface area (Å²) in [5, 5.41) is 3.04. The van der Waals surface area contributed by atoms with Crippen LogP contribution in [0.15, 0.2) is 0 Å². The van der Waals surface area contributed by atoms with Gasteiger partial charge in [-0.15, -0.1) is 0 Å². The van der Waals surface area contributed by atoms with E-state index in [9.17, 15) is 18.0 Å². The van der Waals surface area contributed by atoms with Crippen molar-refractivity contribution in [2.24, 2.45) is 5.92 Å². The molecular formula is C11H17F3N2O. The molecule has 0 spiro atoms. The van der Waals surface area contributed by atoms with Crippen molar-refractivity contribution in [3.05, 3.63) is 0 Å². The first-order valence-electron chi connectivity index (χ1n) is 6.07. The van der Waals surface area contributed by atoms with E-state index in [2.05, 4.69) is 5.32 Å². The van der Waals surface area contributed by atoms with Gasteiger partial charge in [-0.25, -0.2) is 0 Å². The second kappa shape index (κ2) is 4.84. The molecule has 6 heteroatoms. The quantitative estimate of drug-likeness (QED) is 0.829. The monoisotopic (exact) mass is 250 g/mol. The summed E-state index contributed by atoms with van der Waals surface area (Å²) >= 11 is 0. The number of rotatable bonds is 3. The van der Waals surface area contributed by atoms with Gasteiger partial charge < -0.3 is 4.90 Å². The Morgan fingerprint density at radius 1 is 1.29 bits per heavy atom. The fourth-order valence-electron chi connectivity index (χ4n) is 2.76. The van der Waals surface area contributed by atoms with Crippen LogP contribution in [0.1, 0.15) is 32.1 Å². The van der Waals surface area contributed by atoms with Crippen LogP contribution in [0.2, 0.25) is 0 Å². The van der Waals surface area contributed by atoms with E-state index in [1.165, 1.54) is 4.90 Å². The van der Waals surface area contributed by atoms with Crippen LogP contribution < -0.4 is 5.32 Å². The molecule has 2 rings (SSSR count). The largest absolute Gasteiger partial charge is 0.390 e.